The first-order valence-corrected chi connectivity index (χ1v) is 7.61. The molecule has 2 heteroatoms. The van der Waals surface area contributed by atoms with Crippen LogP contribution in [0.25, 0.3) is 0 Å². The molecule has 2 nitrogen and oxygen atoms in total. The van der Waals surface area contributed by atoms with Gasteiger partial charge in [-0.2, -0.15) is 0 Å². The number of aromatic nitrogens is 1. The van der Waals surface area contributed by atoms with Gasteiger partial charge in [0.15, 0.2) is 0 Å². The zero-order valence-corrected chi connectivity index (χ0v) is 13.3. The van der Waals surface area contributed by atoms with Crippen LogP contribution in [0.5, 0.6) is 0 Å². The van der Waals surface area contributed by atoms with Crippen LogP contribution in [-0.4, -0.2) is 17.6 Å². The number of rotatable bonds is 7. The molecule has 0 saturated carbocycles. The highest BCUT2D eigenvalue weighted by atomic mass is 14.9. The summed E-state index contributed by atoms with van der Waals surface area (Å²) in [6, 6.07) is 4.92. The molecule has 1 rings (SSSR count). The van der Waals surface area contributed by atoms with E-state index in [1.807, 2.05) is 6.20 Å². The van der Waals surface area contributed by atoms with E-state index in [0.29, 0.717) is 11.5 Å². The molecule has 0 fully saturated rings. The summed E-state index contributed by atoms with van der Waals surface area (Å²) in [5, 5.41) is 3.66. The first-order valence-electron chi connectivity index (χ1n) is 7.61. The maximum absolute atomic E-state index is 4.59. The Morgan fingerprint density at radius 2 is 1.95 bits per heavy atom. The van der Waals surface area contributed by atoms with Crippen molar-refractivity contribution < 1.29 is 0 Å². The van der Waals surface area contributed by atoms with Crippen molar-refractivity contribution in [3.05, 3.63) is 29.6 Å². The zero-order valence-electron chi connectivity index (χ0n) is 13.3. The molecule has 0 amide bonds. The standard InChI is InChI=1S/C17H30N2/c1-6-10-18-16(12-17(3,4)5)11-15-9-8-14(7-2)13-19-15/h8-9,13,16,18H,6-7,10-12H2,1-5H3. The normalized spacial score (nSPS) is 13.5. The minimum absolute atomic E-state index is 0.356. The quantitative estimate of drug-likeness (QED) is 0.803. The Balaban J connectivity index is 2.63. The molecule has 0 spiro atoms. The molecule has 0 radical (unpaired) electrons. The van der Waals surface area contributed by atoms with Crippen molar-refractivity contribution in [2.45, 2.75) is 66.3 Å². The van der Waals surface area contributed by atoms with Crippen LogP contribution in [0.15, 0.2) is 18.3 Å². The molecule has 108 valence electrons. The lowest BCUT2D eigenvalue weighted by Crippen LogP contribution is -2.35. The second-order valence-electron chi connectivity index (χ2n) is 6.63. The van der Waals surface area contributed by atoms with E-state index < -0.39 is 0 Å². The van der Waals surface area contributed by atoms with Crippen LogP contribution in [0.1, 0.15) is 58.7 Å². The van der Waals surface area contributed by atoms with Gasteiger partial charge < -0.3 is 5.32 Å². The summed E-state index contributed by atoms with van der Waals surface area (Å²) in [5.74, 6) is 0. The summed E-state index contributed by atoms with van der Waals surface area (Å²) < 4.78 is 0. The third-order valence-electron chi connectivity index (χ3n) is 3.29. The Bertz CT molecular complexity index is 349. The molecule has 0 aliphatic carbocycles. The molecule has 1 aromatic heterocycles. The highest BCUT2D eigenvalue weighted by Crippen LogP contribution is 2.22. The summed E-state index contributed by atoms with van der Waals surface area (Å²) in [7, 11) is 0. The van der Waals surface area contributed by atoms with Crippen molar-refractivity contribution in [2.24, 2.45) is 5.41 Å². The summed E-state index contributed by atoms with van der Waals surface area (Å²) >= 11 is 0. The molecule has 1 aromatic rings. The van der Waals surface area contributed by atoms with Crippen molar-refractivity contribution in [3.63, 3.8) is 0 Å². The van der Waals surface area contributed by atoms with Gasteiger partial charge in [-0.3, -0.25) is 4.98 Å². The third-order valence-corrected chi connectivity index (χ3v) is 3.29. The Hall–Kier alpha value is -0.890. The second kappa shape index (κ2) is 7.64. The average molecular weight is 262 g/mol. The fourth-order valence-corrected chi connectivity index (χ4v) is 2.34. The largest absolute Gasteiger partial charge is 0.314 e. The van der Waals surface area contributed by atoms with Gasteiger partial charge >= 0.3 is 0 Å². The minimum atomic E-state index is 0.356. The molecule has 1 unspecified atom stereocenters. The number of nitrogens with one attached hydrogen (secondary N) is 1. The molecule has 19 heavy (non-hydrogen) atoms. The van der Waals surface area contributed by atoms with Crippen LogP contribution in [0.3, 0.4) is 0 Å². The number of hydrogen-bond donors (Lipinski definition) is 1. The van der Waals surface area contributed by atoms with Crippen LogP contribution >= 0.6 is 0 Å². The number of aryl methyl sites for hydroxylation is 1. The van der Waals surface area contributed by atoms with Crippen LogP contribution < -0.4 is 5.32 Å². The topological polar surface area (TPSA) is 24.9 Å². The Kier molecular flexibility index (Phi) is 6.50. The van der Waals surface area contributed by atoms with E-state index in [1.165, 1.54) is 24.1 Å². The molecule has 0 aromatic carbocycles. The highest BCUT2D eigenvalue weighted by molar-refractivity contribution is 5.14. The Morgan fingerprint density at radius 3 is 2.42 bits per heavy atom. The van der Waals surface area contributed by atoms with Crippen LogP contribution in [-0.2, 0) is 12.8 Å². The maximum Gasteiger partial charge on any atom is 0.0419 e. The molecular weight excluding hydrogens is 232 g/mol. The zero-order chi connectivity index (χ0) is 14.3. The lowest BCUT2D eigenvalue weighted by atomic mass is 9.86. The van der Waals surface area contributed by atoms with E-state index in [0.717, 1.165) is 19.4 Å². The average Bonchev–Trinajstić information content (AvgIpc) is 2.35. The smallest absolute Gasteiger partial charge is 0.0419 e. The third kappa shape index (κ3) is 6.72. The molecular formula is C17H30N2. The van der Waals surface area contributed by atoms with E-state index >= 15 is 0 Å². The molecule has 0 bridgehead atoms. The van der Waals surface area contributed by atoms with E-state index in [-0.39, 0.29) is 0 Å². The van der Waals surface area contributed by atoms with Crippen molar-refractivity contribution >= 4 is 0 Å². The lowest BCUT2D eigenvalue weighted by molar-refractivity contribution is 0.305. The summed E-state index contributed by atoms with van der Waals surface area (Å²) in [5.41, 5.74) is 2.88. The van der Waals surface area contributed by atoms with Crippen molar-refractivity contribution in [2.75, 3.05) is 6.54 Å². The summed E-state index contributed by atoms with van der Waals surface area (Å²) in [4.78, 5) is 4.59. The first kappa shape index (κ1) is 16.2. The van der Waals surface area contributed by atoms with Gasteiger partial charge in [0, 0.05) is 24.4 Å². The SMILES string of the molecule is CCCNC(Cc1ccc(CC)cn1)CC(C)(C)C. The first-order chi connectivity index (χ1) is 8.94. The number of hydrogen-bond acceptors (Lipinski definition) is 2. The van der Waals surface area contributed by atoms with Crippen molar-refractivity contribution in [1.82, 2.24) is 10.3 Å². The number of pyridine rings is 1. The van der Waals surface area contributed by atoms with Gasteiger partial charge in [-0.1, -0.05) is 40.7 Å². The van der Waals surface area contributed by atoms with E-state index in [9.17, 15) is 0 Å². The lowest BCUT2D eigenvalue weighted by Gasteiger charge is -2.26. The summed E-state index contributed by atoms with van der Waals surface area (Å²) in [6.45, 7) is 12.4. The van der Waals surface area contributed by atoms with Crippen LogP contribution in [0, 0.1) is 5.41 Å². The van der Waals surface area contributed by atoms with Crippen LogP contribution in [0.2, 0.25) is 0 Å². The minimum Gasteiger partial charge on any atom is -0.314 e. The van der Waals surface area contributed by atoms with Gasteiger partial charge in [-0.15, -0.1) is 0 Å². The maximum atomic E-state index is 4.59. The molecule has 0 saturated heterocycles. The fraction of sp³-hybridized carbons (Fsp3) is 0.706. The Morgan fingerprint density at radius 1 is 1.21 bits per heavy atom. The van der Waals surface area contributed by atoms with Gasteiger partial charge in [-0.25, -0.2) is 0 Å². The predicted octanol–water partition coefficient (Wildman–Crippen LogP) is 3.99. The highest BCUT2D eigenvalue weighted by Gasteiger charge is 2.18. The van der Waals surface area contributed by atoms with Crippen LogP contribution in [0.4, 0.5) is 0 Å². The molecule has 1 heterocycles. The monoisotopic (exact) mass is 262 g/mol. The molecule has 1 N–H and O–H groups in total. The van der Waals surface area contributed by atoms with E-state index in [4.69, 9.17) is 0 Å². The van der Waals surface area contributed by atoms with Gasteiger partial charge in [-0.05, 0) is 42.9 Å². The van der Waals surface area contributed by atoms with Gasteiger partial charge in [0.1, 0.15) is 0 Å². The van der Waals surface area contributed by atoms with E-state index in [1.54, 1.807) is 0 Å². The molecule has 0 aliphatic rings. The van der Waals surface area contributed by atoms with Crippen molar-refractivity contribution in [1.29, 1.82) is 0 Å². The fourth-order valence-electron chi connectivity index (χ4n) is 2.34. The predicted molar refractivity (Wildman–Crippen MR) is 83.5 cm³/mol. The number of nitrogens with zero attached hydrogens (tertiary/aromatic N) is 1. The molecule has 1 atom stereocenters. The van der Waals surface area contributed by atoms with E-state index in [2.05, 4.69) is 57.1 Å². The van der Waals surface area contributed by atoms with Gasteiger partial charge in [0.2, 0.25) is 0 Å². The van der Waals surface area contributed by atoms with Gasteiger partial charge in [0.25, 0.3) is 0 Å². The van der Waals surface area contributed by atoms with Gasteiger partial charge in [0.05, 0.1) is 0 Å². The second-order valence-corrected chi connectivity index (χ2v) is 6.63. The van der Waals surface area contributed by atoms with Crippen molar-refractivity contribution in [3.8, 4) is 0 Å². The Labute approximate surface area is 119 Å². The molecule has 0 aliphatic heterocycles. The summed E-state index contributed by atoms with van der Waals surface area (Å²) in [6.07, 6.45) is 6.48.